The minimum Gasteiger partial charge on any atom is -0.464 e. The Bertz CT molecular complexity index is 554. The second kappa shape index (κ2) is 9.44. The molecule has 2 rings (SSSR count). The zero-order chi connectivity index (χ0) is 18.1. The number of hydrogen-bond acceptors (Lipinski definition) is 4. The second-order valence-electron chi connectivity index (χ2n) is 7.07. The molecule has 0 saturated heterocycles. The summed E-state index contributed by atoms with van der Waals surface area (Å²) in [4.78, 5) is 24.1. The Morgan fingerprint density at radius 1 is 1.16 bits per heavy atom. The molecule has 1 aromatic carbocycles. The molecular weight excluding hydrogens is 318 g/mol. The van der Waals surface area contributed by atoms with Gasteiger partial charge in [0.05, 0.1) is 6.61 Å². The zero-order valence-corrected chi connectivity index (χ0v) is 15.3. The van der Waals surface area contributed by atoms with Crippen molar-refractivity contribution in [2.75, 3.05) is 6.61 Å². The fourth-order valence-corrected chi connectivity index (χ4v) is 2.76. The van der Waals surface area contributed by atoms with Gasteiger partial charge in [0, 0.05) is 0 Å². The Morgan fingerprint density at radius 2 is 1.88 bits per heavy atom. The van der Waals surface area contributed by atoms with E-state index < -0.39 is 18.1 Å². The van der Waals surface area contributed by atoms with Gasteiger partial charge in [-0.05, 0) is 43.6 Å². The van der Waals surface area contributed by atoms with Crippen LogP contribution in [0.25, 0.3) is 0 Å². The lowest BCUT2D eigenvalue weighted by Crippen LogP contribution is -2.42. The smallest absolute Gasteiger partial charge is 0.408 e. The minimum atomic E-state index is -0.643. The molecule has 138 valence electrons. The molecular formula is C20H29NO4. The van der Waals surface area contributed by atoms with E-state index in [1.165, 1.54) is 19.3 Å². The molecule has 1 aliphatic rings. The molecule has 1 unspecified atom stereocenters. The first-order chi connectivity index (χ1) is 12.0. The van der Waals surface area contributed by atoms with Gasteiger partial charge >= 0.3 is 12.1 Å². The average molecular weight is 347 g/mol. The van der Waals surface area contributed by atoms with Gasteiger partial charge in [-0.3, -0.25) is 0 Å². The molecule has 1 aliphatic carbocycles. The number of unbranched alkanes of at least 4 members (excludes halogenated alkanes) is 1. The number of benzene rings is 1. The van der Waals surface area contributed by atoms with E-state index in [2.05, 4.69) is 12.2 Å². The van der Waals surface area contributed by atoms with Gasteiger partial charge in [-0.2, -0.15) is 0 Å². The summed E-state index contributed by atoms with van der Waals surface area (Å²) in [7, 11) is 0. The van der Waals surface area contributed by atoms with Crippen LogP contribution in [0.2, 0.25) is 0 Å². The van der Waals surface area contributed by atoms with Crippen LogP contribution in [0.5, 0.6) is 0 Å². The van der Waals surface area contributed by atoms with Crippen molar-refractivity contribution < 1.29 is 19.1 Å². The largest absolute Gasteiger partial charge is 0.464 e. The molecule has 0 aliphatic heterocycles. The van der Waals surface area contributed by atoms with Gasteiger partial charge in [0.15, 0.2) is 0 Å². The van der Waals surface area contributed by atoms with Gasteiger partial charge in [0.1, 0.15) is 12.6 Å². The lowest BCUT2D eigenvalue weighted by atomic mass is 9.99. The topological polar surface area (TPSA) is 64.6 Å². The van der Waals surface area contributed by atoms with Crippen LogP contribution in [0.1, 0.15) is 57.9 Å². The van der Waals surface area contributed by atoms with Crippen molar-refractivity contribution in [3.05, 3.63) is 35.9 Å². The fourth-order valence-electron chi connectivity index (χ4n) is 2.76. The van der Waals surface area contributed by atoms with Crippen molar-refractivity contribution in [1.82, 2.24) is 5.32 Å². The van der Waals surface area contributed by atoms with Crippen LogP contribution in [0.4, 0.5) is 4.79 Å². The Labute approximate surface area is 150 Å². The molecule has 0 heterocycles. The highest BCUT2D eigenvalue weighted by molar-refractivity contribution is 5.81. The van der Waals surface area contributed by atoms with E-state index in [1.54, 1.807) is 6.92 Å². The Kier molecular flexibility index (Phi) is 7.29. The number of esters is 1. The third-order valence-corrected chi connectivity index (χ3v) is 4.70. The predicted octanol–water partition coefficient (Wildman–Crippen LogP) is 4.21. The fraction of sp³-hybridized carbons (Fsp3) is 0.600. The number of ether oxygens (including phenoxy) is 2. The number of carbonyl (C=O) groups is 2. The van der Waals surface area contributed by atoms with E-state index in [-0.39, 0.29) is 6.61 Å². The molecule has 25 heavy (non-hydrogen) atoms. The number of rotatable bonds is 10. The number of hydrogen-bond donors (Lipinski definition) is 1. The van der Waals surface area contributed by atoms with Crippen molar-refractivity contribution >= 4 is 12.1 Å². The summed E-state index contributed by atoms with van der Waals surface area (Å²) in [6.45, 7) is 4.54. The van der Waals surface area contributed by atoms with Gasteiger partial charge in [-0.25, -0.2) is 9.59 Å². The van der Waals surface area contributed by atoms with Crippen LogP contribution >= 0.6 is 0 Å². The Hall–Kier alpha value is -2.04. The number of carbonyl (C=O) groups excluding carboxylic acids is 2. The van der Waals surface area contributed by atoms with E-state index >= 15 is 0 Å². The lowest BCUT2D eigenvalue weighted by molar-refractivity contribution is -0.145. The van der Waals surface area contributed by atoms with Crippen molar-refractivity contribution in [2.24, 2.45) is 5.41 Å². The van der Waals surface area contributed by atoms with Crippen LogP contribution in [0.15, 0.2) is 30.3 Å². The van der Waals surface area contributed by atoms with E-state index in [1.807, 2.05) is 30.3 Å². The first-order valence-electron chi connectivity index (χ1n) is 9.16. The molecule has 1 atom stereocenters. The van der Waals surface area contributed by atoms with Gasteiger partial charge in [0.2, 0.25) is 0 Å². The van der Waals surface area contributed by atoms with Crippen molar-refractivity contribution in [3.63, 3.8) is 0 Å². The molecule has 0 radical (unpaired) electrons. The zero-order valence-electron chi connectivity index (χ0n) is 15.3. The van der Waals surface area contributed by atoms with Crippen molar-refractivity contribution in [2.45, 2.75) is 65.0 Å². The summed E-state index contributed by atoms with van der Waals surface area (Å²) < 4.78 is 10.3. The number of nitrogens with one attached hydrogen (secondary N) is 1. The van der Waals surface area contributed by atoms with Gasteiger partial charge in [0.25, 0.3) is 0 Å². The molecule has 0 bridgehead atoms. The van der Waals surface area contributed by atoms with Crippen LogP contribution in [0, 0.1) is 5.41 Å². The summed E-state index contributed by atoms with van der Waals surface area (Å²) in [6.07, 6.45) is 5.73. The highest BCUT2D eigenvalue weighted by Gasteiger charge is 2.36. The van der Waals surface area contributed by atoms with Gasteiger partial charge < -0.3 is 14.8 Å². The van der Waals surface area contributed by atoms with Gasteiger partial charge in [-0.15, -0.1) is 0 Å². The average Bonchev–Trinajstić information content (AvgIpc) is 3.34. The maximum atomic E-state index is 12.1. The predicted molar refractivity (Wildman–Crippen MR) is 96.0 cm³/mol. The molecule has 5 nitrogen and oxygen atoms in total. The summed E-state index contributed by atoms with van der Waals surface area (Å²) >= 11 is 0. The van der Waals surface area contributed by atoms with E-state index in [9.17, 15) is 9.59 Å². The van der Waals surface area contributed by atoms with Crippen LogP contribution < -0.4 is 5.32 Å². The highest BCUT2D eigenvalue weighted by Crippen LogP contribution is 2.49. The monoisotopic (exact) mass is 347 g/mol. The van der Waals surface area contributed by atoms with Crippen molar-refractivity contribution in [3.8, 4) is 0 Å². The van der Waals surface area contributed by atoms with Crippen LogP contribution in [-0.4, -0.2) is 24.7 Å². The number of alkyl carbamates (subject to hydrolysis) is 1. The van der Waals surface area contributed by atoms with E-state index in [0.29, 0.717) is 18.4 Å². The maximum absolute atomic E-state index is 12.1. The molecule has 5 heteroatoms. The van der Waals surface area contributed by atoms with Gasteiger partial charge in [-0.1, -0.05) is 50.1 Å². The highest BCUT2D eigenvalue weighted by atomic mass is 16.6. The lowest BCUT2D eigenvalue weighted by Gasteiger charge is -2.17. The second-order valence-corrected chi connectivity index (χ2v) is 7.07. The first-order valence-corrected chi connectivity index (χ1v) is 9.16. The third-order valence-electron chi connectivity index (χ3n) is 4.70. The molecule has 1 fully saturated rings. The molecule has 1 saturated carbocycles. The molecule has 1 aromatic rings. The summed E-state index contributed by atoms with van der Waals surface area (Å²) in [5, 5.41) is 2.65. The third kappa shape index (κ3) is 7.16. The SMILES string of the molecule is CCOC(=O)C(CCCCC1(C)CC1)NC(=O)OCc1ccccc1. The van der Waals surface area contributed by atoms with Crippen LogP contribution in [-0.2, 0) is 20.9 Å². The van der Waals surface area contributed by atoms with E-state index in [4.69, 9.17) is 9.47 Å². The minimum absolute atomic E-state index is 0.181. The quantitative estimate of drug-likeness (QED) is 0.509. The molecule has 1 N–H and O–H groups in total. The van der Waals surface area contributed by atoms with Crippen LogP contribution in [0.3, 0.4) is 0 Å². The summed E-state index contributed by atoms with van der Waals surface area (Å²) in [5.41, 5.74) is 1.42. The van der Waals surface area contributed by atoms with E-state index in [0.717, 1.165) is 18.4 Å². The standard InChI is InChI=1S/C20H29NO4/c1-3-24-18(22)17(11-7-8-12-20(2)13-14-20)21-19(23)25-15-16-9-5-4-6-10-16/h4-6,9-10,17H,3,7-8,11-15H2,1-2H3,(H,21,23). The maximum Gasteiger partial charge on any atom is 0.408 e. The van der Waals surface area contributed by atoms with Crippen molar-refractivity contribution in [1.29, 1.82) is 0 Å². The summed E-state index contributed by atoms with van der Waals surface area (Å²) in [5.74, 6) is -0.392. The molecule has 0 aromatic heterocycles. The molecule has 0 spiro atoms. The Morgan fingerprint density at radius 3 is 2.52 bits per heavy atom. The summed E-state index contributed by atoms with van der Waals surface area (Å²) in [6, 6.07) is 8.80. The Balaban J connectivity index is 1.75. The molecule has 1 amide bonds. The normalized spacial score (nSPS) is 15.9. The first kappa shape index (κ1) is 19.3. The number of amides is 1.